The van der Waals surface area contributed by atoms with Crippen LogP contribution in [0.3, 0.4) is 0 Å². The van der Waals surface area contributed by atoms with E-state index in [1.165, 1.54) is 12.0 Å². The minimum Gasteiger partial charge on any atom is -0.496 e. The van der Waals surface area contributed by atoms with Crippen molar-refractivity contribution in [2.75, 3.05) is 26.7 Å². The van der Waals surface area contributed by atoms with Crippen LogP contribution < -0.4 is 10.1 Å². The third-order valence-corrected chi connectivity index (χ3v) is 3.81. The van der Waals surface area contributed by atoms with Crippen LogP contribution in [0, 0.1) is 0 Å². The molecule has 4 heteroatoms. The summed E-state index contributed by atoms with van der Waals surface area (Å²) in [4.78, 5) is 2.48. The van der Waals surface area contributed by atoms with Crippen molar-refractivity contribution in [3.05, 3.63) is 28.8 Å². The molecule has 1 saturated heterocycles. The Hall–Kier alpha value is -0.770. The number of rotatable bonds is 5. The highest BCUT2D eigenvalue weighted by molar-refractivity contribution is 6.30. The van der Waals surface area contributed by atoms with Gasteiger partial charge < -0.3 is 10.1 Å². The number of halogens is 1. The lowest BCUT2D eigenvalue weighted by molar-refractivity contribution is 0.207. The molecule has 1 heterocycles. The fraction of sp³-hybridized carbons (Fsp3) is 0.571. The smallest absolute Gasteiger partial charge is 0.123 e. The third-order valence-electron chi connectivity index (χ3n) is 3.57. The Labute approximate surface area is 114 Å². The lowest BCUT2D eigenvalue weighted by Crippen LogP contribution is -2.36. The molecular weight excluding hydrogens is 248 g/mol. The highest BCUT2D eigenvalue weighted by Crippen LogP contribution is 2.25. The summed E-state index contributed by atoms with van der Waals surface area (Å²) in [6.07, 6.45) is 1.22. The Morgan fingerprint density at radius 3 is 2.94 bits per heavy atom. The van der Waals surface area contributed by atoms with E-state index in [1.54, 1.807) is 7.11 Å². The average molecular weight is 269 g/mol. The molecule has 0 bridgehead atoms. The standard InChI is InChI=1S/C14H21ClN2O/c1-3-17(13-6-7-16-9-13)10-11-8-12(15)4-5-14(11)18-2/h4-5,8,13,16H,3,6-7,9-10H2,1-2H3. The molecule has 0 saturated carbocycles. The fourth-order valence-electron chi connectivity index (χ4n) is 2.54. The molecule has 1 N–H and O–H groups in total. The number of nitrogens with one attached hydrogen (secondary N) is 1. The first kappa shape index (κ1) is 13.7. The van der Waals surface area contributed by atoms with Gasteiger partial charge in [-0.3, -0.25) is 4.90 Å². The molecule has 1 aromatic rings. The molecule has 0 spiro atoms. The van der Waals surface area contributed by atoms with Crippen molar-refractivity contribution < 1.29 is 4.74 Å². The quantitative estimate of drug-likeness (QED) is 0.888. The molecule has 0 aliphatic carbocycles. The Kier molecular flexibility index (Phi) is 4.87. The maximum atomic E-state index is 6.07. The summed E-state index contributed by atoms with van der Waals surface area (Å²) in [7, 11) is 1.71. The van der Waals surface area contributed by atoms with Gasteiger partial charge in [0.05, 0.1) is 7.11 Å². The zero-order valence-electron chi connectivity index (χ0n) is 11.1. The number of hydrogen-bond acceptors (Lipinski definition) is 3. The highest BCUT2D eigenvalue weighted by atomic mass is 35.5. The van der Waals surface area contributed by atoms with Gasteiger partial charge in [0.1, 0.15) is 5.75 Å². The topological polar surface area (TPSA) is 24.5 Å². The van der Waals surface area contributed by atoms with Crippen molar-refractivity contribution in [2.45, 2.75) is 25.9 Å². The van der Waals surface area contributed by atoms with E-state index in [0.717, 1.165) is 37.0 Å². The summed E-state index contributed by atoms with van der Waals surface area (Å²) in [5.74, 6) is 0.920. The SMILES string of the molecule is CCN(Cc1cc(Cl)ccc1OC)C1CCNC1. The van der Waals surface area contributed by atoms with E-state index >= 15 is 0 Å². The lowest BCUT2D eigenvalue weighted by atomic mass is 10.1. The first-order valence-electron chi connectivity index (χ1n) is 6.51. The number of methoxy groups -OCH3 is 1. The third kappa shape index (κ3) is 3.16. The maximum Gasteiger partial charge on any atom is 0.123 e. The second-order valence-electron chi connectivity index (χ2n) is 4.67. The zero-order chi connectivity index (χ0) is 13.0. The van der Waals surface area contributed by atoms with Gasteiger partial charge in [-0.1, -0.05) is 18.5 Å². The number of benzene rings is 1. The molecule has 1 aliphatic rings. The van der Waals surface area contributed by atoms with Crippen LogP contribution in [0.1, 0.15) is 18.9 Å². The van der Waals surface area contributed by atoms with Crippen LogP contribution in [0.4, 0.5) is 0 Å². The highest BCUT2D eigenvalue weighted by Gasteiger charge is 2.22. The number of ether oxygens (including phenoxy) is 1. The minimum absolute atomic E-state index is 0.624. The summed E-state index contributed by atoms with van der Waals surface area (Å²) >= 11 is 6.07. The van der Waals surface area contributed by atoms with Crippen LogP contribution in [0.25, 0.3) is 0 Å². The van der Waals surface area contributed by atoms with E-state index in [-0.39, 0.29) is 0 Å². The van der Waals surface area contributed by atoms with Gasteiger partial charge in [-0.2, -0.15) is 0 Å². The summed E-state index contributed by atoms with van der Waals surface area (Å²) < 4.78 is 5.41. The number of nitrogens with zero attached hydrogens (tertiary/aromatic N) is 1. The predicted molar refractivity (Wildman–Crippen MR) is 75.4 cm³/mol. The fourth-order valence-corrected chi connectivity index (χ4v) is 2.73. The Bertz CT molecular complexity index is 391. The molecule has 1 unspecified atom stereocenters. The minimum atomic E-state index is 0.624. The summed E-state index contributed by atoms with van der Waals surface area (Å²) in [5.41, 5.74) is 1.17. The summed E-state index contributed by atoms with van der Waals surface area (Å²) in [6.45, 7) is 6.34. The molecule has 0 radical (unpaired) electrons. The molecule has 18 heavy (non-hydrogen) atoms. The predicted octanol–water partition coefficient (Wildman–Crippen LogP) is 2.53. The van der Waals surface area contributed by atoms with Crippen molar-refractivity contribution in [3.8, 4) is 5.75 Å². The monoisotopic (exact) mass is 268 g/mol. The van der Waals surface area contributed by atoms with Crippen LogP contribution in [0.5, 0.6) is 5.75 Å². The molecule has 1 aromatic carbocycles. The molecule has 3 nitrogen and oxygen atoms in total. The van der Waals surface area contributed by atoms with Gasteiger partial charge in [-0.05, 0) is 37.7 Å². The Balaban J connectivity index is 2.12. The Morgan fingerprint density at radius 1 is 1.50 bits per heavy atom. The summed E-state index contributed by atoms with van der Waals surface area (Å²) in [5, 5.41) is 4.18. The molecule has 1 aliphatic heterocycles. The van der Waals surface area contributed by atoms with E-state index in [0.29, 0.717) is 6.04 Å². The average Bonchev–Trinajstić information content (AvgIpc) is 2.90. The molecule has 1 atom stereocenters. The van der Waals surface area contributed by atoms with Gasteiger partial charge in [0.25, 0.3) is 0 Å². The number of hydrogen-bond donors (Lipinski definition) is 1. The van der Waals surface area contributed by atoms with Gasteiger partial charge in [0, 0.05) is 29.7 Å². The van der Waals surface area contributed by atoms with Crippen LogP contribution in [-0.2, 0) is 6.54 Å². The molecule has 100 valence electrons. The largest absolute Gasteiger partial charge is 0.496 e. The van der Waals surface area contributed by atoms with Crippen molar-refractivity contribution in [1.29, 1.82) is 0 Å². The molecular formula is C14H21ClN2O. The van der Waals surface area contributed by atoms with Crippen LogP contribution in [-0.4, -0.2) is 37.7 Å². The zero-order valence-corrected chi connectivity index (χ0v) is 11.8. The molecule has 0 aromatic heterocycles. The first-order chi connectivity index (χ1) is 8.74. The van der Waals surface area contributed by atoms with Crippen molar-refractivity contribution in [2.24, 2.45) is 0 Å². The first-order valence-corrected chi connectivity index (χ1v) is 6.89. The summed E-state index contributed by atoms with van der Waals surface area (Å²) in [6, 6.07) is 6.44. The van der Waals surface area contributed by atoms with Crippen LogP contribution in [0.15, 0.2) is 18.2 Å². The van der Waals surface area contributed by atoms with Crippen LogP contribution >= 0.6 is 11.6 Å². The Morgan fingerprint density at radius 2 is 2.33 bits per heavy atom. The number of likely N-dealkylation sites (N-methyl/N-ethyl adjacent to an activating group) is 1. The van der Waals surface area contributed by atoms with E-state index in [2.05, 4.69) is 17.1 Å². The van der Waals surface area contributed by atoms with E-state index in [1.807, 2.05) is 18.2 Å². The van der Waals surface area contributed by atoms with Crippen LogP contribution in [0.2, 0.25) is 5.02 Å². The van der Waals surface area contributed by atoms with Crippen molar-refractivity contribution in [3.63, 3.8) is 0 Å². The van der Waals surface area contributed by atoms with E-state index in [4.69, 9.17) is 16.3 Å². The van der Waals surface area contributed by atoms with Gasteiger partial charge in [0.15, 0.2) is 0 Å². The second-order valence-corrected chi connectivity index (χ2v) is 5.10. The van der Waals surface area contributed by atoms with E-state index < -0.39 is 0 Å². The second kappa shape index (κ2) is 6.41. The normalized spacial score (nSPS) is 19.4. The van der Waals surface area contributed by atoms with Crippen molar-refractivity contribution in [1.82, 2.24) is 10.2 Å². The molecule has 0 amide bonds. The van der Waals surface area contributed by atoms with E-state index in [9.17, 15) is 0 Å². The van der Waals surface area contributed by atoms with Gasteiger partial charge in [-0.15, -0.1) is 0 Å². The van der Waals surface area contributed by atoms with Crippen molar-refractivity contribution >= 4 is 11.6 Å². The molecule has 2 rings (SSSR count). The maximum absolute atomic E-state index is 6.07. The van der Waals surface area contributed by atoms with Gasteiger partial charge in [0.2, 0.25) is 0 Å². The van der Waals surface area contributed by atoms with Gasteiger partial charge in [-0.25, -0.2) is 0 Å². The molecule has 1 fully saturated rings. The van der Waals surface area contributed by atoms with Gasteiger partial charge >= 0.3 is 0 Å². The lowest BCUT2D eigenvalue weighted by Gasteiger charge is -2.27.